The van der Waals surface area contributed by atoms with Crippen LogP contribution in [0.15, 0.2) is 83.0 Å². The number of aromatic nitrogens is 6. The van der Waals surface area contributed by atoms with E-state index in [1.807, 2.05) is 73.0 Å². The van der Waals surface area contributed by atoms with Crippen molar-refractivity contribution in [1.82, 2.24) is 29.7 Å². The van der Waals surface area contributed by atoms with E-state index in [2.05, 4.69) is 25.1 Å². The molecule has 170 valence electrons. The third kappa shape index (κ3) is 4.29. The third-order valence-corrected chi connectivity index (χ3v) is 6.33. The molecule has 1 unspecified atom stereocenters. The minimum atomic E-state index is -0.173. The summed E-state index contributed by atoms with van der Waals surface area (Å²) in [5.41, 5.74) is 2.31. The Morgan fingerprint density at radius 3 is 2.56 bits per heavy atom. The van der Waals surface area contributed by atoms with Gasteiger partial charge >= 0.3 is 0 Å². The largest absolute Gasteiger partial charge is 0.494 e. The number of rotatable bonds is 7. The number of aromatic amines is 1. The zero-order chi connectivity index (χ0) is 23.5. The maximum absolute atomic E-state index is 12.6. The molecule has 34 heavy (non-hydrogen) atoms. The molecule has 8 nitrogen and oxygen atoms in total. The Hall–Kier alpha value is -3.98. The van der Waals surface area contributed by atoms with Crippen molar-refractivity contribution in [2.24, 2.45) is 0 Å². The van der Waals surface area contributed by atoms with Gasteiger partial charge in [-0.15, -0.1) is 10.2 Å². The molecule has 2 aromatic carbocycles. The summed E-state index contributed by atoms with van der Waals surface area (Å²) in [6, 6.07) is 18.9. The molecule has 0 fully saturated rings. The fourth-order valence-electron chi connectivity index (χ4n) is 3.64. The zero-order valence-electron chi connectivity index (χ0n) is 18.7. The number of fused-ring (bicyclic) bond motifs is 1. The summed E-state index contributed by atoms with van der Waals surface area (Å²) in [5.74, 6) is 2.08. The zero-order valence-corrected chi connectivity index (χ0v) is 19.5. The maximum atomic E-state index is 12.6. The molecule has 0 aliphatic heterocycles. The first-order valence-electron chi connectivity index (χ1n) is 10.9. The highest BCUT2D eigenvalue weighted by molar-refractivity contribution is 7.99. The lowest BCUT2D eigenvalue weighted by Gasteiger charge is -2.14. The number of ether oxygens (including phenoxy) is 1. The monoisotopic (exact) mass is 470 g/mol. The molecule has 3 aromatic heterocycles. The Bertz CT molecular complexity index is 1480. The summed E-state index contributed by atoms with van der Waals surface area (Å²) in [6.07, 6.45) is 3.46. The van der Waals surface area contributed by atoms with Gasteiger partial charge < -0.3 is 9.72 Å². The van der Waals surface area contributed by atoms with Gasteiger partial charge in [0.05, 0.1) is 22.8 Å². The molecular formula is C25H22N6O2S. The fourth-order valence-corrected chi connectivity index (χ4v) is 4.56. The van der Waals surface area contributed by atoms with Crippen LogP contribution in [0.3, 0.4) is 0 Å². The van der Waals surface area contributed by atoms with Gasteiger partial charge in [0.2, 0.25) is 0 Å². The molecule has 3 heterocycles. The van der Waals surface area contributed by atoms with Crippen molar-refractivity contribution in [2.45, 2.75) is 24.3 Å². The van der Waals surface area contributed by atoms with Gasteiger partial charge in [0.15, 0.2) is 11.0 Å². The number of hydrogen-bond acceptors (Lipinski definition) is 7. The quantitative estimate of drug-likeness (QED) is 0.341. The Morgan fingerprint density at radius 1 is 1.03 bits per heavy atom. The Morgan fingerprint density at radius 2 is 1.79 bits per heavy atom. The lowest BCUT2D eigenvalue weighted by Crippen LogP contribution is -2.13. The van der Waals surface area contributed by atoms with Crippen LogP contribution in [0.1, 0.15) is 24.9 Å². The molecule has 0 amide bonds. The predicted molar refractivity (Wildman–Crippen MR) is 132 cm³/mol. The number of nitrogens with one attached hydrogen (secondary N) is 1. The molecule has 1 N–H and O–H groups in total. The predicted octanol–water partition coefficient (Wildman–Crippen LogP) is 4.82. The second-order valence-electron chi connectivity index (χ2n) is 7.53. The highest BCUT2D eigenvalue weighted by Crippen LogP contribution is 2.36. The molecule has 1 atom stereocenters. The van der Waals surface area contributed by atoms with Gasteiger partial charge in [-0.2, -0.15) is 0 Å². The molecule has 5 aromatic rings. The van der Waals surface area contributed by atoms with Crippen molar-refractivity contribution in [2.75, 3.05) is 6.61 Å². The van der Waals surface area contributed by atoms with Gasteiger partial charge in [-0.1, -0.05) is 23.9 Å². The normalized spacial score (nSPS) is 12.1. The summed E-state index contributed by atoms with van der Waals surface area (Å²) >= 11 is 1.48. The number of nitrogens with zero attached hydrogens (tertiary/aromatic N) is 5. The highest BCUT2D eigenvalue weighted by Gasteiger charge is 2.21. The third-order valence-electron chi connectivity index (χ3n) is 5.28. The fraction of sp³-hybridized carbons (Fsp3) is 0.160. The van der Waals surface area contributed by atoms with Crippen molar-refractivity contribution in [3.05, 3.63) is 89.2 Å². The average molecular weight is 471 g/mol. The van der Waals surface area contributed by atoms with E-state index in [1.165, 1.54) is 11.8 Å². The second kappa shape index (κ2) is 9.48. The van der Waals surface area contributed by atoms with Gasteiger partial charge in [-0.3, -0.25) is 14.3 Å². The molecule has 0 bridgehead atoms. The summed E-state index contributed by atoms with van der Waals surface area (Å²) in [5, 5.41) is 10.0. The number of pyridine rings is 1. The van der Waals surface area contributed by atoms with Crippen molar-refractivity contribution < 1.29 is 4.74 Å². The van der Waals surface area contributed by atoms with Crippen LogP contribution in [-0.4, -0.2) is 36.3 Å². The first kappa shape index (κ1) is 21.8. The van der Waals surface area contributed by atoms with Crippen molar-refractivity contribution in [1.29, 1.82) is 0 Å². The number of hydrogen-bond donors (Lipinski definition) is 1. The van der Waals surface area contributed by atoms with E-state index in [0.29, 0.717) is 34.3 Å². The first-order chi connectivity index (χ1) is 16.6. The minimum Gasteiger partial charge on any atom is -0.494 e. The maximum Gasteiger partial charge on any atom is 0.258 e. The van der Waals surface area contributed by atoms with Gasteiger partial charge in [0.1, 0.15) is 11.6 Å². The average Bonchev–Trinajstić information content (AvgIpc) is 3.28. The Balaban J connectivity index is 1.55. The number of H-pyrrole nitrogens is 1. The van der Waals surface area contributed by atoms with Crippen LogP contribution in [0.4, 0.5) is 0 Å². The summed E-state index contributed by atoms with van der Waals surface area (Å²) in [6.45, 7) is 4.54. The summed E-state index contributed by atoms with van der Waals surface area (Å²) in [4.78, 5) is 24.3. The van der Waals surface area contributed by atoms with Crippen molar-refractivity contribution >= 4 is 22.7 Å². The van der Waals surface area contributed by atoms with Crippen LogP contribution in [0.5, 0.6) is 5.75 Å². The highest BCUT2D eigenvalue weighted by atomic mass is 32.2. The Kier molecular flexibility index (Phi) is 6.09. The number of benzene rings is 2. The molecule has 9 heteroatoms. The van der Waals surface area contributed by atoms with E-state index >= 15 is 0 Å². The van der Waals surface area contributed by atoms with Crippen LogP contribution < -0.4 is 10.3 Å². The van der Waals surface area contributed by atoms with Crippen molar-refractivity contribution in [3.63, 3.8) is 0 Å². The van der Waals surface area contributed by atoms with Crippen LogP contribution in [0.2, 0.25) is 0 Å². The smallest absolute Gasteiger partial charge is 0.258 e. The van der Waals surface area contributed by atoms with E-state index in [1.54, 1.807) is 18.5 Å². The summed E-state index contributed by atoms with van der Waals surface area (Å²) < 4.78 is 7.59. The van der Waals surface area contributed by atoms with E-state index in [9.17, 15) is 4.79 Å². The van der Waals surface area contributed by atoms with Gasteiger partial charge in [-0.05, 0) is 62.4 Å². The number of para-hydroxylation sites is 1. The number of thioether (sulfide) groups is 1. The molecular weight excluding hydrogens is 448 g/mol. The summed E-state index contributed by atoms with van der Waals surface area (Å²) in [7, 11) is 0. The van der Waals surface area contributed by atoms with E-state index in [0.717, 1.165) is 17.0 Å². The van der Waals surface area contributed by atoms with Crippen LogP contribution in [0.25, 0.3) is 28.0 Å². The standard InChI is InChI=1S/C25H22N6O2S/c1-3-33-19-10-8-18(9-11-19)31-23(17-12-14-26-15-13-17)29-30-25(31)34-16(2)22-27-21-7-5-4-6-20(21)24(32)28-22/h4-16H,3H2,1-2H3,(H,27,28,32). The molecule has 0 saturated carbocycles. The lowest BCUT2D eigenvalue weighted by molar-refractivity contribution is 0.340. The van der Waals surface area contributed by atoms with E-state index in [-0.39, 0.29) is 10.8 Å². The van der Waals surface area contributed by atoms with Crippen molar-refractivity contribution in [3.8, 4) is 22.8 Å². The van der Waals surface area contributed by atoms with Gasteiger partial charge in [0, 0.05) is 23.6 Å². The lowest BCUT2D eigenvalue weighted by atomic mass is 10.2. The van der Waals surface area contributed by atoms with Gasteiger partial charge in [0.25, 0.3) is 5.56 Å². The molecule has 5 rings (SSSR count). The minimum absolute atomic E-state index is 0.154. The van der Waals surface area contributed by atoms with Crippen LogP contribution in [-0.2, 0) is 0 Å². The topological polar surface area (TPSA) is 98.6 Å². The van der Waals surface area contributed by atoms with E-state index in [4.69, 9.17) is 4.74 Å². The molecule has 0 aliphatic carbocycles. The molecule has 0 radical (unpaired) electrons. The SMILES string of the molecule is CCOc1ccc(-n2c(SC(C)c3nc4ccccc4c(=O)[nH]3)nnc2-c2ccncc2)cc1. The van der Waals surface area contributed by atoms with Crippen LogP contribution >= 0.6 is 11.8 Å². The second-order valence-corrected chi connectivity index (χ2v) is 8.84. The molecule has 0 saturated heterocycles. The van der Waals surface area contributed by atoms with Gasteiger partial charge in [-0.25, -0.2) is 4.98 Å². The molecule has 0 spiro atoms. The molecule has 0 aliphatic rings. The Labute approximate surface area is 200 Å². The van der Waals surface area contributed by atoms with E-state index < -0.39 is 0 Å². The first-order valence-corrected chi connectivity index (χ1v) is 11.8. The van der Waals surface area contributed by atoms with Crippen LogP contribution in [0, 0.1) is 0 Å².